The Kier molecular flexibility index (Phi) is 7.66. The molecule has 4 aromatic heterocycles. The summed E-state index contributed by atoms with van der Waals surface area (Å²) in [7, 11) is 2.05. The third-order valence-corrected chi connectivity index (χ3v) is 8.37. The lowest BCUT2D eigenvalue weighted by Gasteiger charge is -2.09. The van der Waals surface area contributed by atoms with Gasteiger partial charge in [-0.1, -0.05) is 54.1 Å². The molecule has 0 bridgehead atoms. The van der Waals surface area contributed by atoms with Crippen molar-refractivity contribution in [1.29, 1.82) is 0 Å². The number of hydrogen-bond donors (Lipinski definition) is 0. The summed E-state index contributed by atoms with van der Waals surface area (Å²) in [4.78, 5) is 18.4. The van der Waals surface area contributed by atoms with Gasteiger partial charge >= 0.3 is 0 Å². The zero-order valence-electron chi connectivity index (χ0n) is 26.0. The second-order valence-corrected chi connectivity index (χ2v) is 11.1. The molecular weight excluding hydrogens is 540 g/mol. The zero-order chi connectivity index (χ0) is 31.0. The minimum atomic E-state index is 0.519. The fraction of sp³-hybridized carbons (Fsp3) is 0.158. The van der Waals surface area contributed by atoms with E-state index in [9.17, 15) is 0 Å². The van der Waals surface area contributed by atoms with Crippen LogP contribution in [0.3, 0.4) is 0 Å². The van der Waals surface area contributed by atoms with Crippen LogP contribution in [-0.4, -0.2) is 32.5 Å². The van der Waals surface area contributed by atoms with E-state index in [4.69, 9.17) is 4.98 Å². The third kappa shape index (κ3) is 4.88. The smallest absolute Gasteiger partial charge is 0.141 e. The molecule has 6 aromatic rings. The second kappa shape index (κ2) is 11.7. The van der Waals surface area contributed by atoms with Crippen LogP contribution in [-0.2, 0) is 13.6 Å². The molecule has 0 aliphatic heterocycles. The molecule has 0 aliphatic rings. The Morgan fingerprint density at radius 3 is 2.20 bits per heavy atom. The van der Waals surface area contributed by atoms with Gasteiger partial charge in [0.2, 0.25) is 0 Å². The van der Waals surface area contributed by atoms with Crippen molar-refractivity contribution in [1.82, 2.24) is 19.1 Å². The lowest BCUT2D eigenvalue weighted by Crippen LogP contribution is -2.33. The summed E-state index contributed by atoms with van der Waals surface area (Å²) in [6.45, 7) is 16.5. The molecule has 6 heteroatoms. The molecule has 2 aromatic carbocycles. The number of aliphatic imine (C=N–C) groups is 2. The SMILES string of the molecule is C=N/C=c1\c(=C/C)n(C/C(N=C)=c2/c(=C\C)n(C)c3nc(-c4ccc(C)nc4)ccc23)c2cc(-c3ccc(C)cc3)ccc12. The van der Waals surface area contributed by atoms with Gasteiger partial charge in [0.15, 0.2) is 0 Å². The Morgan fingerprint density at radius 2 is 1.55 bits per heavy atom. The molecule has 0 radical (unpaired) electrons. The minimum absolute atomic E-state index is 0.519. The molecule has 6 nitrogen and oxygen atoms in total. The quantitative estimate of drug-likeness (QED) is 0.249. The highest BCUT2D eigenvalue weighted by molar-refractivity contribution is 5.88. The average Bonchev–Trinajstić information content (AvgIpc) is 3.50. The van der Waals surface area contributed by atoms with Crippen molar-refractivity contribution in [2.24, 2.45) is 17.0 Å². The number of nitrogens with zero attached hydrogens (tertiary/aromatic N) is 6. The number of aromatic nitrogens is 4. The van der Waals surface area contributed by atoms with E-state index in [2.05, 4.69) is 138 Å². The molecule has 0 aliphatic carbocycles. The van der Waals surface area contributed by atoms with Gasteiger partial charge in [-0.25, -0.2) is 4.98 Å². The van der Waals surface area contributed by atoms with Gasteiger partial charge < -0.3 is 9.13 Å². The van der Waals surface area contributed by atoms with Crippen LogP contribution in [0.15, 0.2) is 82.9 Å². The highest BCUT2D eigenvalue weighted by atomic mass is 15.0. The molecule has 218 valence electrons. The van der Waals surface area contributed by atoms with E-state index in [1.165, 1.54) is 11.1 Å². The molecular formula is C38H36N6. The normalized spacial score (nSPS) is 13.7. The molecule has 6 rings (SSSR count). The van der Waals surface area contributed by atoms with E-state index in [0.29, 0.717) is 6.54 Å². The largest absolute Gasteiger partial charge is 0.335 e. The lowest BCUT2D eigenvalue weighted by atomic mass is 10.0. The number of aryl methyl sites for hydroxylation is 3. The Bertz CT molecular complexity index is 2320. The van der Waals surface area contributed by atoms with Crippen molar-refractivity contribution in [3.05, 3.63) is 105 Å². The molecule has 0 fully saturated rings. The van der Waals surface area contributed by atoms with Crippen LogP contribution in [0.4, 0.5) is 0 Å². The molecule has 0 saturated carbocycles. The summed E-state index contributed by atoms with van der Waals surface area (Å²) >= 11 is 0. The van der Waals surface area contributed by atoms with Crippen LogP contribution in [0.25, 0.3) is 68.4 Å². The zero-order valence-corrected chi connectivity index (χ0v) is 26.0. The standard InChI is InChI=1S/C38H36N6/c1-8-34-31(22-39-5)29-17-16-27(26-13-10-24(3)11-14-26)20-36(29)44(34)23-33(40-6)37-30-18-19-32(28-15-12-25(4)41-21-28)42-38(30)43(7)35(37)9-2/h8-22H,5-6,23H2,1-4,7H3/b31-22-,34-8+,35-9+,37-33-. The van der Waals surface area contributed by atoms with E-state index >= 15 is 0 Å². The highest BCUT2D eigenvalue weighted by Gasteiger charge is 2.15. The average molecular weight is 577 g/mol. The van der Waals surface area contributed by atoms with Crippen molar-refractivity contribution in [2.75, 3.05) is 0 Å². The van der Waals surface area contributed by atoms with Gasteiger partial charge in [0.25, 0.3) is 0 Å². The summed E-state index contributed by atoms with van der Waals surface area (Å²) in [6.07, 6.45) is 7.96. The molecule has 0 amide bonds. The van der Waals surface area contributed by atoms with Gasteiger partial charge in [-0.3, -0.25) is 15.0 Å². The van der Waals surface area contributed by atoms with Gasteiger partial charge in [0.1, 0.15) is 5.65 Å². The lowest BCUT2D eigenvalue weighted by molar-refractivity contribution is 0.829. The number of pyridine rings is 2. The highest BCUT2D eigenvalue weighted by Crippen LogP contribution is 2.24. The van der Waals surface area contributed by atoms with E-state index in [0.717, 1.165) is 71.3 Å². The third-order valence-electron chi connectivity index (χ3n) is 8.37. The maximum absolute atomic E-state index is 5.08. The van der Waals surface area contributed by atoms with Crippen LogP contribution in [0.5, 0.6) is 0 Å². The van der Waals surface area contributed by atoms with Crippen LogP contribution in [0, 0.1) is 13.8 Å². The summed E-state index contributed by atoms with van der Waals surface area (Å²) in [5, 5.41) is 6.33. The van der Waals surface area contributed by atoms with Crippen molar-refractivity contribution in [3.8, 4) is 22.4 Å². The van der Waals surface area contributed by atoms with Crippen molar-refractivity contribution in [2.45, 2.75) is 34.2 Å². The van der Waals surface area contributed by atoms with E-state index in [1.807, 2.05) is 25.4 Å². The molecule has 0 spiro atoms. The summed E-state index contributed by atoms with van der Waals surface area (Å²) in [5.41, 5.74) is 9.27. The van der Waals surface area contributed by atoms with Gasteiger partial charge in [-0.2, -0.15) is 0 Å². The van der Waals surface area contributed by atoms with Gasteiger partial charge in [0, 0.05) is 62.6 Å². The Balaban J connectivity index is 1.62. The number of benzene rings is 2. The summed E-state index contributed by atoms with van der Waals surface area (Å²) < 4.78 is 4.45. The fourth-order valence-electron chi connectivity index (χ4n) is 6.13. The van der Waals surface area contributed by atoms with E-state index in [1.54, 1.807) is 0 Å². The summed E-state index contributed by atoms with van der Waals surface area (Å²) in [6, 6.07) is 23.5. The van der Waals surface area contributed by atoms with E-state index < -0.39 is 0 Å². The summed E-state index contributed by atoms with van der Waals surface area (Å²) in [5.74, 6) is 0. The number of fused-ring (bicyclic) bond motifs is 2. The van der Waals surface area contributed by atoms with Crippen LogP contribution in [0.1, 0.15) is 25.1 Å². The van der Waals surface area contributed by atoms with E-state index in [-0.39, 0.29) is 0 Å². The first-order chi connectivity index (χ1) is 21.4. The Morgan fingerprint density at radius 1 is 0.841 bits per heavy atom. The molecule has 0 atom stereocenters. The maximum Gasteiger partial charge on any atom is 0.141 e. The number of rotatable bonds is 6. The van der Waals surface area contributed by atoms with Gasteiger partial charge in [-0.15, -0.1) is 0 Å². The molecule has 0 N–H and O–H groups in total. The van der Waals surface area contributed by atoms with Crippen molar-refractivity contribution >= 4 is 59.4 Å². The molecule has 0 saturated heterocycles. The number of hydrogen-bond acceptors (Lipinski definition) is 4. The van der Waals surface area contributed by atoms with Crippen LogP contribution in [0.2, 0.25) is 0 Å². The minimum Gasteiger partial charge on any atom is -0.335 e. The van der Waals surface area contributed by atoms with Crippen LogP contribution >= 0.6 is 0 Å². The Labute approximate surface area is 257 Å². The monoisotopic (exact) mass is 576 g/mol. The first-order valence-electron chi connectivity index (χ1n) is 14.7. The molecule has 0 unspecified atom stereocenters. The predicted octanol–water partition coefficient (Wildman–Crippen LogP) is 5.42. The molecule has 4 heterocycles. The second-order valence-electron chi connectivity index (χ2n) is 11.1. The molecule has 44 heavy (non-hydrogen) atoms. The fourth-order valence-corrected chi connectivity index (χ4v) is 6.13. The van der Waals surface area contributed by atoms with Crippen molar-refractivity contribution in [3.63, 3.8) is 0 Å². The van der Waals surface area contributed by atoms with Crippen molar-refractivity contribution < 1.29 is 0 Å². The van der Waals surface area contributed by atoms with Crippen LogP contribution < -0.4 is 21.1 Å². The van der Waals surface area contributed by atoms with Gasteiger partial charge in [0.05, 0.1) is 23.5 Å². The maximum atomic E-state index is 5.08. The first-order valence-corrected chi connectivity index (χ1v) is 14.7. The topological polar surface area (TPSA) is 60.4 Å². The van der Waals surface area contributed by atoms with Gasteiger partial charge in [-0.05, 0) is 82.6 Å². The Hall–Kier alpha value is -5.36. The first kappa shape index (κ1) is 28.7. The predicted molar refractivity (Wildman–Crippen MR) is 187 cm³/mol.